The zero-order chi connectivity index (χ0) is 9.68. The lowest BCUT2D eigenvalue weighted by Gasteiger charge is -2.07. The second kappa shape index (κ2) is 4.58. The molecule has 1 heterocycles. The molecule has 5 nitrogen and oxygen atoms in total. The molecule has 0 saturated heterocycles. The van der Waals surface area contributed by atoms with E-state index in [0.717, 1.165) is 5.71 Å². The summed E-state index contributed by atoms with van der Waals surface area (Å²) in [5.74, 6) is -0.0290. The fraction of sp³-hybridized carbons (Fsp3) is 0.625. The highest BCUT2D eigenvalue weighted by Crippen LogP contribution is 2.10. The third-order valence-electron chi connectivity index (χ3n) is 1.77. The number of amides is 1. The zero-order valence-corrected chi connectivity index (χ0v) is 7.36. The van der Waals surface area contributed by atoms with Gasteiger partial charge in [-0.2, -0.15) is 10.4 Å². The lowest BCUT2D eigenvalue weighted by molar-refractivity contribution is -0.128. The molecule has 0 fully saturated rings. The molecule has 0 aromatic carbocycles. The minimum Gasteiger partial charge on any atom is -0.330 e. The van der Waals surface area contributed by atoms with Gasteiger partial charge >= 0.3 is 0 Å². The van der Waals surface area contributed by atoms with Gasteiger partial charge in [-0.3, -0.25) is 4.79 Å². The molecule has 1 aliphatic rings. The van der Waals surface area contributed by atoms with E-state index in [9.17, 15) is 4.79 Å². The Hall–Kier alpha value is -1.41. The normalized spacial score (nSPS) is 15.8. The molecule has 70 valence electrons. The predicted octanol–water partition coefficient (Wildman–Crippen LogP) is -0.163. The predicted molar refractivity (Wildman–Crippen MR) is 47.7 cm³/mol. The summed E-state index contributed by atoms with van der Waals surface area (Å²) in [6, 6.07) is 1.97. The van der Waals surface area contributed by atoms with Crippen LogP contribution in [-0.4, -0.2) is 29.7 Å². The SMILES string of the molecule is N#CCCN1N=C(CCN)CC1=O. The van der Waals surface area contributed by atoms with E-state index < -0.39 is 0 Å². The Bertz CT molecular complexity index is 266. The first-order valence-electron chi connectivity index (χ1n) is 4.21. The van der Waals surface area contributed by atoms with Crippen molar-refractivity contribution < 1.29 is 4.79 Å². The zero-order valence-electron chi connectivity index (χ0n) is 7.36. The van der Waals surface area contributed by atoms with Crippen LogP contribution in [0.2, 0.25) is 0 Å². The molecule has 0 saturated carbocycles. The molecule has 0 bridgehead atoms. The lowest BCUT2D eigenvalue weighted by atomic mass is 10.2. The minimum absolute atomic E-state index is 0.0290. The van der Waals surface area contributed by atoms with Crippen LogP contribution in [0.4, 0.5) is 0 Å². The first-order chi connectivity index (χ1) is 6.27. The summed E-state index contributed by atoms with van der Waals surface area (Å²) in [7, 11) is 0. The summed E-state index contributed by atoms with van der Waals surface area (Å²) >= 11 is 0. The van der Waals surface area contributed by atoms with Gasteiger partial charge in [0.25, 0.3) is 0 Å². The topological polar surface area (TPSA) is 82.5 Å². The quantitative estimate of drug-likeness (QED) is 0.652. The number of hydrazone groups is 1. The molecule has 1 rings (SSSR count). The maximum Gasteiger partial charge on any atom is 0.248 e. The van der Waals surface area contributed by atoms with Crippen LogP contribution in [-0.2, 0) is 4.79 Å². The average Bonchev–Trinajstić information content (AvgIpc) is 2.44. The lowest BCUT2D eigenvalue weighted by Crippen LogP contribution is -2.21. The molecule has 2 N–H and O–H groups in total. The Morgan fingerprint density at radius 1 is 1.69 bits per heavy atom. The third kappa shape index (κ3) is 2.53. The van der Waals surface area contributed by atoms with E-state index in [1.54, 1.807) is 0 Å². The summed E-state index contributed by atoms with van der Waals surface area (Å²) in [5, 5.41) is 13.7. The number of carbonyl (C=O) groups is 1. The number of nitriles is 1. The third-order valence-corrected chi connectivity index (χ3v) is 1.77. The van der Waals surface area contributed by atoms with Gasteiger partial charge in [0.15, 0.2) is 0 Å². The van der Waals surface area contributed by atoms with Gasteiger partial charge in [-0.1, -0.05) is 0 Å². The fourth-order valence-electron chi connectivity index (χ4n) is 1.16. The minimum atomic E-state index is -0.0290. The monoisotopic (exact) mass is 180 g/mol. The fourth-order valence-corrected chi connectivity index (χ4v) is 1.16. The van der Waals surface area contributed by atoms with Gasteiger partial charge in [0.1, 0.15) is 0 Å². The van der Waals surface area contributed by atoms with Crippen molar-refractivity contribution in [3.05, 3.63) is 0 Å². The van der Waals surface area contributed by atoms with Gasteiger partial charge in [-0.15, -0.1) is 0 Å². The maximum atomic E-state index is 11.2. The molecule has 0 aromatic heterocycles. The largest absolute Gasteiger partial charge is 0.330 e. The van der Waals surface area contributed by atoms with E-state index in [1.165, 1.54) is 5.01 Å². The van der Waals surface area contributed by atoms with Gasteiger partial charge in [0, 0.05) is 12.1 Å². The van der Waals surface area contributed by atoms with Crippen LogP contribution in [0, 0.1) is 11.3 Å². The van der Waals surface area contributed by atoms with Gasteiger partial charge in [0.05, 0.1) is 25.5 Å². The highest BCUT2D eigenvalue weighted by molar-refractivity contribution is 6.04. The molecule has 1 amide bonds. The van der Waals surface area contributed by atoms with Crippen molar-refractivity contribution >= 4 is 11.6 Å². The van der Waals surface area contributed by atoms with Crippen LogP contribution in [0.1, 0.15) is 19.3 Å². The highest BCUT2D eigenvalue weighted by Gasteiger charge is 2.22. The molecule has 5 heteroatoms. The molecule has 0 aromatic rings. The molecule has 0 aliphatic carbocycles. The van der Waals surface area contributed by atoms with E-state index in [-0.39, 0.29) is 5.91 Å². The van der Waals surface area contributed by atoms with Crippen LogP contribution >= 0.6 is 0 Å². The van der Waals surface area contributed by atoms with Crippen molar-refractivity contribution in [3.63, 3.8) is 0 Å². The van der Waals surface area contributed by atoms with E-state index in [1.807, 2.05) is 6.07 Å². The number of rotatable bonds is 4. The van der Waals surface area contributed by atoms with Crippen LogP contribution in [0.25, 0.3) is 0 Å². The second-order valence-corrected chi connectivity index (χ2v) is 2.81. The molecule has 0 atom stereocenters. The van der Waals surface area contributed by atoms with Gasteiger partial charge in [-0.05, 0) is 6.54 Å². The number of nitrogens with two attached hydrogens (primary N) is 1. The Morgan fingerprint density at radius 2 is 2.46 bits per heavy atom. The van der Waals surface area contributed by atoms with E-state index in [4.69, 9.17) is 11.0 Å². The molecule has 0 unspecified atom stereocenters. The van der Waals surface area contributed by atoms with E-state index in [2.05, 4.69) is 5.10 Å². The molecule has 0 radical (unpaired) electrons. The summed E-state index contributed by atoms with van der Waals surface area (Å²) in [5.41, 5.74) is 6.16. The number of carbonyl (C=O) groups excluding carboxylic acids is 1. The Balaban J connectivity index is 2.47. The number of hydrogen-bond acceptors (Lipinski definition) is 4. The van der Waals surface area contributed by atoms with Crippen LogP contribution in [0.15, 0.2) is 5.10 Å². The van der Waals surface area contributed by atoms with E-state index in [0.29, 0.717) is 32.4 Å². The first kappa shape index (κ1) is 9.68. The summed E-state index contributed by atoms with van der Waals surface area (Å²) < 4.78 is 0. The molecular formula is C8H12N4O. The standard InChI is InChI=1S/C8H12N4O/c9-3-1-5-12-8(13)6-7(11-12)2-4-10/h1-2,4-6,10H2. The smallest absolute Gasteiger partial charge is 0.248 e. The highest BCUT2D eigenvalue weighted by atomic mass is 16.2. The van der Waals surface area contributed by atoms with Crippen LogP contribution in [0.3, 0.4) is 0 Å². The van der Waals surface area contributed by atoms with Crippen molar-refractivity contribution in [2.45, 2.75) is 19.3 Å². The number of nitrogens with zero attached hydrogens (tertiary/aromatic N) is 3. The number of hydrogen-bond donors (Lipinski definition) is 1. The van der Waals surface area contributed by atoms with Crippen molar-refractivity contribution in [2.75, 3.05) is 13.1 Å². The van der Waals surface area contributed by atoms with Crippen LogP contribution in [0.5, 0.6) is 0 Å². The first-order valence-corrected chi connectivity index (χ1v) is 4.21. The van der Waals surface area contributed by atoms with Crippen molar-refractivity contribution in [1.82, 2.24) is 5.01 Å². The summed E-state index contributed by atoms with van der Waals surface area (Å²) in [4.78, 5) is 11.2. The molecular weight excluding hydrogens is 168 g/mol. The van der Waals surface area contributed by atoms with Crippen molar-refractivity contribution in [2.24, 2.45) is 10.8 Å². The Morgan fingerprint density at radius 3 is 3.08 bits per heavy atom. The maximum absolute atomic E-state index is 11.2. The second-order valence-electron chi connectivity index (χ2n) is 2.81. The van der Waals surface area contributed by atoms with Crippen molar-refractivity contribution in [1.29, 1.82) is 5.26 Å². The van der Waals surface area contributed by atoms with Crippen molar-refractivity contribution in [3.8, 4) is 6.07 Å². The molecule has 13 heavy (non-hydrogen) atoms. The summed E-state index contributed by atoms with van der Waals surface area (Å²) in [6.45, 7) is 0.904. The van der Waals surface area contributed by atoms with Crippen LogP contribution < -0.4 is 5.73 Å². The average molecular weight is 180 g/mol. The van der Waals surface area contributed by atoms with Gasteiger partial charge in [-0.25, -0.2) is 5.01 Å². The van der Waals surface area contributed by atoms with Gasteiger partial charge in [0.2, 0.25) is 5.91 Å². The molecule has 0 spiro atoms. The van der Waals surface area contributed by atoms with E-state index >= 15 is 0 Å². The molecule has 1 aliphatic heterocycles. The summed E-state index contributed by atoms with van der Waals surface area (Å²) in [6.07, 6.45) is 1.35. The Kier molecular flexibility index (Phi) is 3.41. The van der Waals surface area contributed by atoms with Gasteiger partial charge < -0.3 is 5.73 Å². The Labute approximate surface area is 76.8 Å².